The standard InChI is InChI=1S/C15H19N3O2/c1-11-4-6-13(7-5-11)20-10-14-17-12(3-2-8-16)9-15(19)18-14/h4-7,9H,2-3,8,10,16H2,1H3,(H,17,18,19). The number of nitrogens with one attached hydrogen (secondary N) is 1. The average molecular weight is 273 g/mol. The molecule has 1 heterocycles. The largest absolute Gasteiger partial charge is 0.486 e. The fourth-order valence-corrected chi connectivity index (χ4v) is 1.83. The maximum atomic E-state index is 11.5. The number of rotatable bonds is 6. The number of ether oxygens (including phenoxy) is 1. The van der Waals surface area contributed by atoms with Crippen molar-refractivity contribution in [1.29, 1.82) is 0 Å². The van der Waals surface area contributed by atoms with Crippen LogP contribution in [0.15, 0.2) is 35.1 Å². The van der Waals surface area contributed by atoms with Crippen molar-refractivity contribution in [2.75, 3.05) is 6.54 Å². The van der Waals surface area contributed by atoms with Gasteiger partial charge in [-0.05, 0) is 38.4 Å². The molecule has 0 bridgehead atoms. The number of H-pyrrole nitrogens is 1. The monoisotopic (exact) mass is 273 g/mol. The van der Waals surface area contributed by atoms with Crippen LogP contribution in [0.1, 0.15) is 23.5 Å². The Morgan fingerprint density at radius 1 is 1.30 bits per heavy atom. The Labute approximate surface area is 117 Å². The van der Waals surface area contributed by atoms with Crippen molar-refractivity contribution in [3.8, 4) is 5.75 Å². The van der Waals surface area contributed by atoms with Crippen molar-refractivity contribution in [2.24, 2.45) is 5.73 Å². The number of hydrogen-bond acceptors (Lipinski definition) is 4. The van der Waals surface area contributed by atoms with Gasteiger partial charge in [0.05, 0.1) is 0 Å². The van der Waals surface area contributed by atoms with Crippen molar-refractivity contribution in [3.63, 3.8) is 0 Å². The van der Waals surface area contributed by atoms with Crippen LogP contribution in [0, 0.1) is 6.92 Å². The SMILES string of the molecule is Cc1ccc(OCc2nc(CCCN)cc(=O)[nH]2)cc1. The molecule has 0 aliphatic carbocycles. The van der Waals surface area contributed by atoms with E-state index in [0.29, 0.717) is 18.8 Å². The van der Waals surface area contributed by atoms with Crippen molar-refractivity contribution < 1.29 is 4.74 Å². The molecule has 2 aromatic rings. The number of aryl methyl sites for hydroxylation is 2. The van der Waals surface area contributed by atoms with E-state index in [-0.39, 0.29) is 12.2 Å². The van der Waals surface area contributed by atoms with Crippen LogP contribution >= 0.6 is 0 Å². The number of hydrogen-bond donors (Lipinski definition) is 2. The van der Waals surface area contributed by atoms with Crippen LogP contribution in [0.2, 0.25) is 0 Å². The highest BCUT2D eigenvalue weighted by atomic mass is 16.5. The van der Waals surface area contributed by atoms with Gasteiger partial charge in [0.2, 0.25) is 0 Å². The fraction of sp³-hybridized carbons (Fsp3) is 0.333. The zero-order valence-corrected chi connectivity index (χ0v) is 11.6. The topological polar surface area (TPSA) is 81.0 Å². The zero-order valence-electron chi connectivity index (χ0n) is 11.6. The van der Waals surface area contributed by atoms with Gasteiger partial charge in [0.25, 0.3) is 5.56 Å². The molecule has 5 heteroatoms. The van der Waals surface area contributed by atoms with Crippen LogP contribution in [0.4, 0.5) is 0 Å². The van der Waals surface area contributed by atoms with Gasteiger partial charge in [-0.1, -0.05) is 17.7 Å². The first-order valence-corrected chi connectivity index (χ1v) is 6.66. The first kappa shape index (κ1) is 14.3. The van der Waals surface area contributed by atoms with Crippen molar-refractivity contribution >= 4 is 0 Å². The summed E-state index contributed by atoms with van der Waals surface area (Å²) in [5.41, 5.74) is 7.23. The fourth-order valence-electron chi connectivity index (χ4n) is 1.83. The third kappa shape index (κ3) is 4.20. The first-order chi connectivity index (χ1) is 9.67. The van der Waals surface area contributed by atoms with E-state index < -0.39 is 0 Å². The molecule has 0 amide bonds. The van der Waals surface area contributed by atoms with Gasteiger partial charge < -0.3 is 15.5 Å². The van der Waals surface area contributed by atoms with Gasteiger partial charge in [-0.15, -0.1) is 0 Å². The Morgan fingerprint density at radius 3 is 2.75 bits per heavy atom. The predicted molar refractivity (Wildman–Crippen MR) is 77.7 cm³/mol. The van der Waals surface area contributed by atoms with E-state index in [0.717, 1.165) is 17.9 Å². The summed E-state index contributed by atoms with van der Waals surface area (Å²) in [5.74, 6) is 1.29. The summed E-state index contributed by atoms with van der Waals surface area (Å²) in [7, 11) is 0. The molecule has 5 nitrogen and oxygen atoms in total. The lowest BCUT2D eigenvalue weighted by Crippen LogP contribution is -2.15. The molecule has 0 atom stereocenters. The van der Waals surface area contributed by atoms with Crippen LogP contribution in [0.25, 0.3) is 0 Å². The number of nitrogens with zero attached hydrogens (tertiary/aromatic N) is 1. The Bertz CT molecular complexity index is 605. The Balaban J connectivity index is 2.03. The highest BCUT2D eigenvalue weighted by molar-refractivity contribution is 5.26. The van der Waals surface area contributed by atoms with Crippen LogP contribution in [0.5, 0.6) is 5.75 Å². The van der Waals surface area contributed by atoms with Gasteiger partial charge in [0.15, 0.2) is 0 Å². The lowest BCUT2D eigenvalue weighted by molar-refractivity contribution is 0.295. The maximum Gasteiger partial charge on any atom is 0.251 e. The molecule has 0 aliphatic rings. The van der Waals surface area contributed by atoms with Crippen LogP contribution in [-0.2, 0) is 13.0 Å². The quantitative estimate of drug-likeness (QED) is 0.836. The van der Waals surface area contributed by atoms with Gasteiger partial charge >= 0.3 is 0 Å². The summed E-state index contributed by atoms with van der Waals surface area (Å²) in [5, 5.41) is 0. The average Bonchev–Trinajstić information content (AvgIpc) is 2.44. The van der Waals surface area contributed by atoms with Crippen LogP contribution < -0.4 is 16.0 Å². The molecule has 1 aromatic heterocycles. The summed E-state index contributed by atoms with van der Waals surface area (Å²) in [6.45, 7) is 2.85. The third-order valence-electron chi connectivity index (χ3n) is 2.88. The van der Waals surface area contributed by atoms with Gasteiger partial charge in [0, 0.05) is 11.8 Å². The summed E-state index contributed by atoms with van der Waals surface area (Å²) >= 11 is 0. The Kier molecular flexibility index (Phi) is 4.90. The summed E-state index contributed by atoms with van der Waals surface area (Å²) in [6.07, 6.45) is 1.52. The second-order valence-corrected chi connectivity index (χ2v) is 4.68. The normalized spacial score (nSPS) is 10.5. The van der Waals surface area contributed by atoms with E-state index in [9.17, 15) is 4.79 Å². The summed E-state index contributed by atoms with van der Waals surface area (Å²) in [6, 6.07) is 9.24. The second-order valence-electron chi connectivity index (χ2n) is 4.68. The van der Waals surface area contributed by atoms with E-state index in [1.165, 1.54) is 11.6 Å². The van der Waals surface area contributed by atoms with Gasteiger partial charge in [-0.3, -0.25) is 4.79 Å². The van der Waals surface area contributed by atoms with E-state index in [1.807, 2.05) is 31.2 Å². The molecule has 0 radical (unpaired) electrons. The van der Waals surface area contributed by atoms with E-state index in [2.05, 4.69) is 9.97 Å². The number of aromatic nitrogens is 2. The first-order valence-electron chi connectivity index (χ1n) is 6.66. The molecular formula is C15H19N3O2. The van der Waals surface area contributed by atoms with Crippen molar-refractivity contribution in [3.05, 3.63) is 57.8 Å². The number of aromatic amines is 1. The minimum atomic E-state index is -0.158. The molecule has 20 heavy (non-hydrogen) atoms. The molecule has 0 spiro atoms. The van der Waals surface area contributed by atoms with E-state index in [4.69, 9.17) is 10.5 Å². The maximum absolute atomic E-state index is 11.5. The molecule has 0 aliphatic heterocycles. The number of nitrogens with two attached hydrogens (primary N) is 1. The highest BCUT2D eigenvalue weighted by Gasteiger charge is 2.02. The third-order valence-corrected chi connectivity index (χ3v) is 2.88. The zero-order chi connectivity index (χ0) is 14.4. The van der Waals surface area contributed by atoms with E-state index in [1.54, 1.807) is 0 Å². The minimum absolute atomic E-state index is 0.158. The van der Waals surface area contributed by atoms with Gasteiger partial charge in [-0.2, -0.15) is 0 Å². The molecular weight excluding hydrogens is 254 g/mol. The molecule has 0 saturated carbocycles. The summed E-state index contributed by atoms with van der Waals surface area (Å²) < 4.78 is 5.60. The predicted octanol–water partition coefficient (Wildman–Crippen LogP) is 1.55. The lowest BCUT2D eigenvalue weighted by Gasteiger charge is -2.07. The smallest absolute Gasteiger partial charge is 0.251 e. The Morgan fingerprint density at radius 2 is 2.05 bits per heavy atom. The molecule has 3 N–H and O–H groups in total. The number of benzene rings is 1. The van der Waals surface area contributed by atoms with Crippen LogP contribution in [-0.4, -0.2) is 16.5 Å². The second kappa shape index (κ2) is 6.86. The lowest BCUT2D eigenvalue weighted by atomic mass is 10.2. The van der Waals surface area contributed by atoms with Crippen LogP contribution in [0.3, 0.4) is 0 Å². The molecule has 0 fully saturated rings. The summed E-state index contributed by atoms with van der Waals surface area (Å²) in [4.78, 5) is 18.6. The molecule has 0 unspecified atom stereocenters. The van der Waals surface area contributed by atoms with Crippen molar-refractivity contribution in [2.45, 2.75) is 26.4 Å². The van der Waals surface area contributed by atoms with Gasteiger partial charge in [0.1, 0.15) is 18.2 Å². The minimum Gasteiger partial charge on any atom is -0.486 e. The van der Waals surface area contributed by atoms with Crippen molar-refractivity contribution in [1.82, 2.24) is 9.97 Å². The molecule has 0 saturated heterocycles. The van der Waals surface area contributed by atoms with Gasteiger partial charge in [-0.25, -0.2) is 4.98 Å². The highest BCUT2D eigenvalue weighted by Crippen LogP contribution is 2.12. The van der Waals surface area contributed by atoms with E-state index >= 15 is 0 Å². The molecule has 106 valence electrons. The Hall–Kier alpha value is -2.14. The molecule has 2 rings (SSSR count). The molecule has 1 aromatic carbocycles.